The van der Waals surface area contributed by atoms with E-state index in [1.165, 1.54) is 5.57 Å². The van der Waals surface area contributed by atoms with Crippen LogP contribution in [0.4, 0.5) is 0 Å². The molecular formula is C13H32S2. The molecule has 0 heterocycles. The van der Waals surface area contributed by atoms with Crippen LogP contribution < -0.4 is 0 Å². The van der Waals surface area contributed by atoms with Crippen molar-refractivity contribution in [1.29, 1.82) is 0 Å². The first-order valence-electron chi connectivity index (χ1n) is 5.02. The van der Waals surface area contributed by atoms with E-state index in [0.717, 1.165) is 11.2 Å². The monoisotopic (exact) mass is 252 g/mol. The maximum atomic E-state index is 3.53. The van der Waals surface area contributed by atoms with Gasteiger partial charge in [0, 0.05) is 5.25 Å². The van der Waals surface area contributed by atoms with Gasteiger partial charge in [-0.25, -0.2) is 0 Å². The summed E-state index contributed by atoms with van der Waals surface area (Å²) in [5, 5.41) is 0.819. The summed E-state index contributed by atoms with van der Waals surface area (Å²) in [5.41, 5.74) is 1.38. The van der Waals surface area contributed by atoms with E-state index in [1.807, 2.05) is 18.7 Å². The highest BCUT2D eigenvalue weighted by atomic mass is 32.2. The van der Waals surface area contributed by atoms with Crippen molar-refractivity contribution in [2.45, 2.75) is 54.2 Å². The molecule has 96 valence electrons. The SMILES string of the molecule is C.CC=C(C)C.CS.CSC(C)C(C)C. The van der Waals surface area contributed by atoms with Gasteiger partial charge in [0.15, 0.2) is 0 Å². The Morgan fingerprint density at radius 1 is 1.13 bits per heavy atom. The molecule has 0 saturated carbocycles. The van der Waals surface area contributed by atoms with E-state index in [1.54, 1.807) is 6.26 Å². The molecule has 1 atom stereocenters. The first kappa shape index (κ1) is 24.6. The predicted octanol–water partition coefficient (Wildman–Crippen LogP) is 5.55. The molecule has 0 radical (unpaired) electrons. The van der Waals surface area contributed by atoms with E-state index in [4.69, 9.17) is 0 Å². The lowest BCUT2D eigenvalue weighted by Gasteiger charge is -2.10. The van der Waals surface area contributed by atoms with Gasteiger partial charge in [-0.05, 0) is 39.2 Å². The molecule has 15 heavy (non-hydrogen) atoms. The van der Waals surface area contributed by atoms with E-state index >= 15 is 0 Å². The van der Waals surface area contributed by atoms with Gasteiger partial charge in [0.25, 0.3) is 0 Å². The van der Waals surface area contributed by atoms with Crippen molar-refractivity contribution in [3.05, 3.63) is 11.6 Å². The number of rotatable bonds is 2. The van der Waals surface area contributed by atoms with E-state index in [9.17, 15) is 0 Å². The normalized spacial score (nSPS) is 9.73. The van der Waals surface area contributed by atoms with Gasteiger partial charge in [0.1, 0.15) is 0 Å². The zero-order chi connectivity index (χ0) is 12.1. The van der Waals surface area contributed by atoms with Gasteiger partial charge in [-0.15, -0.1) is 0 Å². The fourth-order valence-corrected chi connectivity index (χ4v) is 0.816. The smallest absolute Gasteiger partial charge is 0.00389 e. The minimum Gasteiger partial charge on any atom is -0.183 e. The number of hydrogen-bond acceptors (Lipinski definition) is 2. The summed E-state index contributed by atoms with van der Waals surface area (Å²) in [5.74, 6) is 0.829. The Morgan fingerprint density at radius 3 is 1.40 bits per heavy atom. The van der Waals surface area contributed by atoms with Gasteiger partial charge in [0.2, 0.25) is 0 Å². The molecule has 0 N–H and O–H groups in total. The Bertz CT molecular complexity index is 114. The number of thiol groups is 1. The summed E-state index contributed by atoms with van der Waals surface area (Å²) < 4.78 is 0. The molecule has 0 saturated heterocycles. The van der Waals surface area contributed by atoms with Gasteiger partial charge in [-0.3, -0.25) is 0 Å². The molecular weight excluding hydrogens is 220 g/mol. The van der Waals surface area contributed by atoms with E-state index in [-0.39, 0.29) is 7.43 Å². The largest absolute Gasteiger partial charge is 0.183 e. The van der Waals surface area contributed by atoms with E-state index in [0.29, 0.717) is 0 Å². The maximum absolute atomic E-state index is 3.53. The number of hydrogen-bond donors (Lipinski definition) is 1. The Kier molecular flexibility index (Phi) is 32.7. The topological polar surface area (TPSA) is 0 Å². The summed E-state index contributed by atoms with van der Waals surface area (Å²) in [7, 11) is 0. The van der Waals surface area contributed by atoms with Crippen molar-refractivity contribution < 1.29 is 0 Å². The zero-order valence-electron chi connectivity index (χ0n) is 11.1. The van der Waals surface area contributed by atoms with Gasteiger partial charge in [-0.1, -0.05) is 39.8 Å². The molecule has 0 rings (SSSR count). The molecule has 0 bridgehead atoms. The zero-order valence-corrected chi connectivity index (χ0v) is 12.8. The summed E-state index contributed by atoms with van der Waals surface area (Å²) in [6.07, 6.45) is 5.94. The van der Waals surface area contributed by atoms with Crippen LogP contribution >= 0.6 is 24.4 Å². The molecule has 0 nitrogen and oxygen atoms in total. The number of thioether (sulfide) groups is 1. The lowest BCUT2D eigenvalue weighted by Crippen LogP contribution is -2.03. The van der Waals surface area contributed by atoms with Gasteiger partial charge in [0.05, 0.1) is 0 Å². The second-order valence-corrected chi connectivity index (χ2v) is 4.77. The summed E-state index contributed by atoms with van der Waals surface area (Å²) in [6, 6.07) is 0. The van der Waals surface area contributed by atoms with Crippen molar-refractivity contribution in [3.8, 4) is 0 Å². The third-order valence-corrected chi connectivity index (χ3v) is 3.18. The average Bonchev–Trinajstić information content (AvgIpc) is 2.20. The van der Waals surface area contributed by atoms with Gasteiger partial charge in [-0.2, -0.15) is 24.4 Å². The highest BCUT2D eigenvalue weighted by Crippen LogP contribution is 2.14. The molecule has 0 spiro atoms. The highest BCUT2D eigenvalue weighted by molar-refractivity contribution is 7.99. The van der Waals surface area contributed by atoms with Crippen LogP contribution in [0.25, 0.3) is 0 Å². The quantitative estimate of drug-likeness (QED) is 0.497. The van der Waals surface area contributed by atoms with Crippen molar-refractivity contribution in [2.24, 2.45) is 5.92 Å². The molecule has 2 heteroatoms. The van der Waals surface area contributed by atoms with Gasteiger partial charge < -0.3 is 0 Å². The lowest BCUT2D eigenvalue weighted by molar-refractivity contribution is 0.643. The van der Waals surface area contributed by atoms with Crippen LogP contribution in [0.2, 0.25) is 0 Å². The molecule has 1 unspecified atom stereocenters. The minimum absolute atomic E-state index is 0. The Labute approximate surface area is 109 Å². The van der Waals surface area contributed by atoms with Crippen molar-refractivity contribution in [1.82, 2.24) is 0 Å². The molecule has 0 aromatic rings. The average molecular weight is 253 g/mol. The molecule has 0 aliphatic rings. The second kappa shape index (κ2) is 19.9. The minimum atomic E-state index is 0. The number of allylic oxidation sites excluding steroid dienone is 2. The van der Waals surface area contributed by atoms with Crippen LogP contribution in [0.3, 0.4) is 0 Å². The molecule has 0 aromatic carbocycles. The highest BCUT2D eigenvalue weighted by Gasteiger charge is 2.01. The molecule has 0 fully saturated rings. The van der Waals surface area contributed by atoms with Crippen molar-refractivity contribution in [2.75, 3.05) is 12.5 Å². The van der Waals surface area contributed by atoms with Crippen LogP contribution in [0, 0.1) is 5.92 Å². The predicted molar refractivity (Wildman–Crippen MR) is 84.6 cm³/mol. The second-order valence-electron chi connectivity index (χ2n) is 3.55. The first-order valence-corrected chi connectivity index (χ1v) is 7.20. The fraction of sp³-hybridized carbons (Fsp3) is 0.846. The van der Waals surface area contributed by atoms with Crippen LogP contribution in [0.5, 0.6) is 0 Å². The van der Waals surface area contributed by atoms with Crippen LogP contribution in [-0.4, -0.2) is 17.8 Å². The summed E-state index contributed by atoms with van der Waals surface area (Å²) in [6.45, 7) is 13.0. The molecule has 0 aromatic heterocycles. The first-order chi connectivity index (χ1) is 6.45. The van der Waals surface area contributed by atoms with Crippen LogP contribution in [0.1, 0.15) is 49.0 Å². The fourth-order valence-electron chi connectivity index (χ4n) is 0.272. The standard InChI is InChI=1S/C6H14S.C5H10.CH4S.CH4/c1-5(2)6(3)7-4;1-4-5(2)3;1-2;/h5-6H,1-4H3;4H,1-3H3;2H,1H3;1H4. The summed E-state index contributed by atoms with van der Waals surface area (Å²) in [4.78, 5) is 0. The van der Waals surface area contributed by atoms with Crippen molar-refractivity contribution >= 4 is 24.4 Å². The summed E-state index contributed by atoms with van der Waals surface area (Å²) >= 11 is 5.46. The molecule has 0 amide bonds. The third-order valence-electron chi connectivity index (χ3n) is 1.89. The van der Waals surface area contributed by atoms with Crippen LogP contribution in [0.15, 0.2) is 11.6 Å². The molecule has 0 aliphatic heterocycles. The Morgan fingerprint density at radius 2 is 1.40 bits per heavy atom. The van der Waals surface area contributed by atoms with Crippen LogP contribution in [-0.2, 0) is 0 Å². The maximum Gasteiger partial charge on any atom is 0.00389 e. The Balaban J connectivity index is -0.0000000675. The third kappa shape index (κ3) is 31.4. The van der Waals surface area contributed by atoms with E-state index < -0.39 is 0 Å². The Hall–Kier alpha value is 0.440. The van der Waals surface area contributed by atoms with E-state index in [2.05, 4.69) is 59.6 Å². The van der Waals surface area contributed by atoms with Gasteiger partial charge >= 0.3 is 0 Å². The molecule has 0 aliphatic carbocycles. The van der Waals surface area contributed by atoms with Crippen molar-refractivity contribution in [3.63, 3.8) is 0 Å². The lowest BCUT2D eigenvalue weighted by atomic mass is 10.2.